The molecule has 0 spiro atoms. The lowest BCUT2D eigenvalue weighted by Gasteiger charge is -2.31. The molecule has 0 aliphatic carbocycles. The van der Waals surface area contributed by atoms with Gasteiger partial charge in [-0.3, -0.25) is 14.6 Å². The second-order valence-electron chi connectivity index (χ2n) is 7.69. The normalized spacial score (nSPS) is 23.8. The minimum absolute atomic E-state index is 0.0342. The molecule has 2 amide bonds. The number of aliphatic hydroxyl groups is 1. The summed E-state index contributed by atoms with van der Waals surface area (Å²) in [6.45, 7) is 4.43. The second kappa shape index (κ2) is 9.28. The average Bonchev–Trinajstić information content (AvgIpc) is 3.09. The quantitative estimate of drug-likeness (QED) is 0.777. The molecule has 27 heavy (non-hydrogen) atoms. The van der Waals surface area contributed by atoms with E-state index in [0.29, 0.717) is 31.6 Å². The Labute approximate surface area is 160 Å². The molecule has 3 rings (SSSR count). The predicted octanol–water partition coefficient (Wildman–Crippen LogP) is 1.04. The minimum atomic E-state index is -0.687. The SMILES string of the molecule is O=C(NCCC(=O)N1CCC[C@](O)(CN2CCCC2)CC1)c1cccnc1. The maximum Gasteiger partial charge on any atom is 0.252 e. The molecule has 2 saturated heterocycles. The van der Waals surface area contributed by atoms with Gasteiger partial charge >= 0.3 is 0 Å². The van der Waals surface area contributed by atoms with Crippen molar-refractivity contribution in [3.8, 4) is 0 Å². The largest absolute Gasteiger partial charge is 0.388 e. The first-order valence-electron chi connectivity index (χ1n) is 9.96. The smallest absolute Gasteiger partial charge is 0.252 e. The van der Waals surface area contributed by atoms with Crippen molar-refractivity contribution in [2.75, 3.05) is 39.3 Å². The summed E-state index contributed by atoms with van der Waals surface area (Å²) in [5.41, 5.74) is -0.194. The molecule has 2 N–H and O–H groups in total. The lowest BCUT2D eigenvalue weighted by atomic mass is 9.94. The molecule has 7 heteroatoms. The van der Waals surface area contributed by atoms with Gasteiger partial charge in [-0.1, -0.05) is 0 Å². The Hall–Kier alpha value is -1.99. The monoisotopic (exact) mass is 374 g/mol. The van der Waals surface area contributed by atoms with E-state index in [-0.39, 0.29) is 18.2 Å². The van der Waals surface area contributed by atoms with E-state index in [9.17, 15) is 14.7 Å². The van der Waals surface area contributed by atoms with Crippen LogP contribution < -0.4 is 5.32 Å². The zero-order valence-corrected chi connectivity index (χ0v) is 15.9. The number of rotatable bonds is 6. The lowest BCUT2D eigenvalue weighted by molar-refractivity contribution is -0.131. The minimum Gasteiger partial charge on any atom is -0.388 e. The van der Waals surface area contributed by atoms with Crippen LogP contribution >= 0.6 is 0 Å². The van der Waals surface area contributed by atoms with Gasteiger partial charge in [0.2, 0.25) is 5.91 Å². The van der Waals surface area contributed by atoms with Gasteiger partial charge in [0.1, 0.15) is 0 Å². The fraction of sp³-hybridized carbons (Fsp3) is 0.650. The van der Waals surface area contributed by atoms with Crippen LogP contribution in [0.4, 0.5) is 0 Å². The van der Waals surface area contributed by atoms with Crippen molar-refractivity contribution >= 4 is 11.8 Å². The van der Waals surface area contributed by atoms with E-state index in [2.05, 4.69) is 15.2 Å². The Kier molecular flexibility index (Phi) is 6.79. The van der Waals surface area contributed by atoms with Crippen LogP contribution in [0, 0.1) is 0 Å². The molecule has 7 nitrogen and oxygen atoms in total. The fourth-order valence-electron chi connectivity index (χ4n) is 3.98. The predicted molar refractivity (Wildman–Crippen MR) is 102 cm³/mol. The summed E-state index contributed by atoms with van der Waals surface area (Å²) in [6.07, 6.45) is 8.01. The van der Waals surface area contributed by atoms with E-state index in [1.807, 2.05) is 4.90 Å². The van der Waals surface area contributed by atoms with Gasteiger partial charge in [0.15, 0.2) is 0 Å². The fourth-order valence-corrected chi connectivity index (χ4v) is 3.98. The average molecular weight is 374 g/mol. The van der Waals surface area contributed by atoms with Crippen LogP contribution in [0.5, 0.6) is 0 Å². The highest BCUT2D eigenvalue weighted by atomic mass is 16.3. The van der Waals surface area contributed by atoms with Crippen LogP contribution in [-0.2, 0) is 4.79 Å². The number of pyridine rings is 1. The van der Waals surface area contributed by atoms with Crippen molar-refractivity contribution in [3.05, 3.63) is 30.1 Å². The first-order valence-corrected chi connectivity index (χ1v) is 9.96. The lowest BCUT2D eigenvalue weighted by Crippen LogP contribution is -2.43. The summed E-state index contributed by atoms with van der Waals surface area (Å²) in [4.78, 5) is 32.6. The molecule has 0 aromatic carbocycles. The van der Waals surface area contributed by atoms with E-state index in [1.165, 1.54) is 19.0 Å². The summed E-state index contributed by atoms with van der Waals surface area (Å²) in [5.74, 6) is -0.182. The summed E-state index contributed by atoms with van der Waals surface area (Å²) in [6, 6.07) is 3.40. The summed E-state index contributed by atoms with van der Waals surface area (Å²) in [5, 5.41) is 13.7. The molecule has 1 aromatic heterocycles. The number of hydrogen-bond acceptors (Lipinski definition) is 5. The number of carbonyl (C=O) groups excluding carboxylic acids is 2. The highest BCUT2D eigenvalue weighted by molar-refractivity contribution is 5.94. The number of nitrogens with one attached hydrogen (secondary N) is 1. The van der Waals surface area contributed by atoms with Crippen molar-refractivity contribution in [2.45, 2.75) is 44.1 Å². The van der Waals surface area contributed by atoms with Crippen molar-refractivity contribution in [1.29, 1.82) is 0 Å². The van der Waals surface area contributed by atoms with E-state index in [1.54, 1.807) is 18.3 Å². The Morgan fingerprint density at radius 3 is 2.70 bits per heavy atom. The first-order chi connectivity index (χ1) is 13.1. The topological polar surface area (TPSA) is 85.8 Å². The van der Waals surface area contributed by atoms with Crippen LogP contribution in [0.2, 0.25) is 0 Å². The number of β-amino-alcohol motifs (C(OH)–C–C–N with tert-alkyl or cyclic N) is 1. The molecule has 2 aliphatic heterocycles. The Bertz CT molecular complexity index is 633. The van der Waals surface area contributed by atoms with Crippen molar-refractivity contribution < 1.29 is 14.7 Å². The van der Waals surface area contributed by atoms with Crippen LogP contribution in [0.1, 0.15) is 48.9 Å². The number of likely N-dealkylation sites (tertiary alicyclic amines) is 2. The third kappa shape index (κ3) is 5.74. The highest BCUT2D eigenvalue weighted by Gasteiger charge is 2.33. The van der Waals surface area contributed by atoms with Crippen LogP contribution in [0.3, 0.4) is 0 Å². The molecule has 148 valence electrons. The maximum atomic E-state index is 12.5. The van der Waals surface area contributed by atoms with Gasteiger partial charge in [-0.05, 0) is 57.3 Å². The zero-order chi connectivity index (χ0) is 19.1. The number of amides is 2. The molecule has 0 radical (unpaired) electrons. The van der Waals surface area contributed by atoms with Gasteiger partial charge in [0.05, 0.1) is 11.2 Å². The van der Waals surface area contributed by atoms with E-state index in [0.717, 1.165) is 32.5 Å². The van der Waals surface area contributed by atoms with E-state index < -0.39 is 5.60 Å². The van der Waals surface area contributed by atoms with E-state index >= 15 is 0 Å². The van der Waals surface area contributed by atoms with Crippen LogP contribution in [-0.4, -0.2) is 76.6 Å². The molecule has 3 heterocycles. The van der Waals surface area contributed by atoms with Crippen molar-refractivity contribution in [3.63, 3.8) is 0 Å². The molecule has 2 fully saturated rings. The van der Waals surface area contributed by atoms with Crippen molar-refractivity contribution in [1.82, 2.24) is 20.1 Å². The number of nitrogens with zero attached hydrogens (tertiary/aromatic N) is 3. The van der Waals surface area contributed by atoms with Crippen LogP contribution in [0.15, 0.2) is 24.5 Å². The van der Waals surface area contributed by atoms with Gasteiger partial charge in [-0.2, -0.15) is 0 Å². The van der Waals surface area contributed by atoms with Gasteiger partial charge in [0.25, 0.3) is 5.91 Å². The maximum absolute atomic E-state index is 12.5. The van der Waals surface area contributed by atoms with E-state index in [4.69, 9.17) is 0 Å². The molecular formula is C20H30N4O3. The molecule has 0 bridgehead atoms. The van der Waals surface area contributed by atoms with Gasteiger partial charge < -0.3 is 20.2 Å². The standard InChI is InChI=1S/C20H30N4O3/c25-18(6-10-22-19(26)17-5-3-9-21-15-17)24-13-4-7-20(27,8-14-24)16-23-11-1-2-12-23/h3,5,9,15,27H,1-2,4,6-8,10-14,16H2,(H,22,26)/t20-/m1/s1. The zero-order valence-electron chi connectivity index (χ0n) is 15.9. The molecule has 0 saturated carbocycles. The highest BCUT2D eigenvalue weighted by Crippen LogP contribution is 2.25. The summed E-state index contributed by atoms with van der Waals surface area (Å²) < 4.78 is 0. The molecule has 2 aliphatic rings. The van der Waals surface area contributed by atoms with Gasteiger partial charge in [-0.25, -0.2) is 0 Å². The molecule has 0 unspecified atom stereocenters. The van der Waals surface area contributed by atoms with Crippen molar-refractivity contribution in [2.24, 2.45) is 0 Å². The van der Waals surface area contributed by atoms with Gasteiger partial charge in [-0.15, -0.1) is 0 Å². The van der Waals surface area contributed by atoms with Crippen LogP contribution in [0.25, 0.3) is 0 Å². The number of carbonyl (C=O) groups is 2. The number of aromatic nitrogens is 1. The molecule has 1 aromatic rings. The summed E-state index contributed by atoms with van der Waals surface area (Å²) in [7, 11) is 0. The number of hydrogen-bond donors (Lipinski definition) is 2. The third-order valence-electron chi connectivity index (χ3n) is 5.53. The Balaban J connectivity index is 1.41. The second-order valence-corrected chi connectivity index (χ2v) is 7.69. The molecular weight excluding hydrogens is 344 g/mol. The Morgan fingerprint density at radius 1 is 1.15 bits per heavy atom. The first kappa shape index (κ1) is 19.8. The Morgan fingerprint density at radius 2 is 1.96 bits per heavy atom. The third-order valence-corrected chi connectivity index (χ3v) is 5.53. The summed E-state index contributed by atoms with van der Waals surface area (Å²) >= 11 is 0. The van der Waals surface area contributed by atoms with Gasteiger partial charge in [0, 0.05) is 45.0 Å². The molecule has 1 atom stereocenters.